The van der Waals surface area contributed by atoms with Gasteiger partial charge in [0.05, 0.1) is 18.8 Å². The molecule has 5 rings (SSSR count). The van der Waals surface area contributed by atoms with Crippen molar-refractivity contribution in [2.45, 2.75) is 51.3 Å². The summed E-state index contributed by atoms with van der Waals surface area (Å²) in [5, 5.41) is 16.7. The number of primary amides is 1. The van der Waals surface area contributed by atoms with E-state index in [2.05, 4.69) is 25.6 Å². The Kier molecular flexibility index (Phi) is 6.03. The lowest BCUT2D eigenvalue weighted by Crippen LogP contribution is -2.29. The molecule has 0 saturated heterocycles. The van der Waals surface area contributed by atoms with Crippen LogP contribution in [0.4, 0.5) is 11.4 Å². The van der Waals surface area contributed by atoms with Crippen LogP contribution in [0.15, 0.2) is 30.6 Å². The molecular formula is C23H26N8O4. The van der Waals surface area contributed by atoms with Crippen molar-refractivity contribution in [1.29, 1.82) is 0 Å². The van der Waals surface area contributed by atoms with E-state index in [0.717, 1.165) is 25.7 Å². The third kappa shape index (κ3) is 4.78. The maximum atomic E-state index is 12.7. The molecule has 2 aliphatic carbocycles. The highest BCUT2D eigenvalue weighted by Crippen LogP contribution is 2.43. The van der Waals surface area contributed by atoms with E-state index in [4.69, 9.17) is 15.3 Å². The normalized spacial score (nSPS) is 15.0. The molecule has 12 heteroatoms. The fourth-order valence-electron chi connectivity index (χ4n) is 3.52. The molecule has 0 aliphatic heterocycles. The van der Waals surface area contributed by atoms with Crippen LogP contribution in [-0.4, -0.2) is 56.0 Å². The Morgan fingerprint density at radius 3 is 2.63 bits per heavy atom. The van der Waals surface area contributed by atoms with Crippen molar-refractivity contribution < 1.29 is 19.2 Å². The number of hydrogen-bond acceptors (Lipinski definition) is 9. The van der Waals surface area contributed by atoms with Crippen LogP contribution in [-0.2, 0) is 11.4 Å². The van der Waals surface area contributed by atoms with Gasteiger partial charge in [-0.3, -0.25) is 19.1 Å². The van der Waals surface area contributed by atoms with Crippen molar-refractivity contribution in [2.75, 3.05) is 12.2 Å². The monoisotopic (exact) mass is 478 g/mol. The van der Waals surface area contributed by atoms with E-state index in [0.29, 0.717) is 29.4 Å². The highest BCUT2D eigenvalue weighted by Gasteiger charge is 2.33. The van der Waals surface area contributed by atoms with Crippen LogP contribution in [0.1, 0.15) is 53.6 Å². The second kappa shape index (κ2) is 9.29. The summed E-state index contributed by atoms with van der Waals surface area (Å²) in [6, 6.07) is 7.01. The van der Waals surface area contributed by atoms with Crippen molar-refractivity contribution in [1.82, 2.24) is 30.3 Å². The molecule has 2 saturated carbocycles. The van der Waals surface area contributed by atoms with E-state index in [1.54, 1.807) is 17.1 Å². The molecule has 2 amide bonds. The van der Waals surface area contributed by atoms with E-state index in [1.165, 1.54) is 18.2 Å². The van der Waals surface area contributed by atoms with Gasteiger partial charge in [0.25, 0.3) is 11.8 Å². The van der Waals surface area contributed by atoms with Crippen LogP contribution in [0.2, 0.25) is 0 Å². The molecular weight excluding hydrogens is 452 g/mol. The number of para-hydroxylation sites is 1. The molecule has 3 N–H and O–H groups in total. The molecule has 35 heavy (non-hydrogen) atoms. The first-order valence-electron chi connectivity index (χ1n) is 11.5. The Bertz CT molecular complexity index is 1270. The molecule has 2 aromatic heterocycles. The van der Waals surface area contributed by atoms with Crippen LogP contribution in [0, 0.1) is 0 Å². The second-order valence-electron chi connectivity index (χ2n) is 8.46. The maximum absolute atomic E-state index is 12.7. The van der Waals surface area contributed by atoms with Gasteiger partial charge in [-0.15, -0.1) is 10.2 Å². The number of carbonyl (C=O) groups excluding carboxylic acids is 2. The van der Waals surface area contributed by atoms with Gasteiger partial charge in [-0.25, -0.2) is 10.0 Å². The van der Waals surface area contributed by atoms with Gasteiger partial charge in [0.15, 0.2) is 23.0 Å². The summed E-state index contributed by atoms with van der Waals surface area (Å²) in [5.41, 5.74) is 6.86. The largest absolute Gasteiger partial charge is 0.494 e. The van der Waals surface area contributed by atoms with Crippen molar-refractivity contribution in [3.63, 3.8) is 0 Å². The number of aryl methyl sites for hydroxylation is 1. The predicted octanol–water partition coefficient (Wildman–Crippen LogP) is 1.99. The Morgan fingerprint density at radius 1 is 1.20 bits per heavy atom. The first kappa shape index (κ1) is 22.7. The van der Waals surface area contributed by atoms with Crippen molar-refractivity contribution >= 4 is 23.2 Å². The predicted molar refractivity (Wildman–Crippen MR) is 125 cm³/mol. The van der Waals surface area contributed by atoms with Gasteiger partial charge in [-0.2, -0.15) is 5.10 Å². The summed E-state index contributed by atoms with van der Waals surface area (Å²) in [7, 11) is 1.53. The highest BCUT2D eigenvalue weighted by atomic mass is 16.7. The van der Waals surface area contributed by atoms with Crippen LogP contribution in [0.25, 0.3) is 11.4 Å². The summed E-state index contributed by atoms with van der Waals surface area (Å²) >= 11 is 0. The van der Waals surface area contributed by atoms with Crippen molar-refractivity contribution in [3.05, 3.63) is 42.0 Å². The SMILES string of the molecule is CCn1cnc(-c2cccc(N(OC3CC3)c3cc(C(=O)NC4CC4)nnc3C(N)=O)c2OC)n1. The van der Waals surface area contributed by atoms with E-state index < -0.39 is 5.91 Å². The minimum absolute atomic E-state index is 0.0553. The van der Waals surface area contributed by atoms with E-state index in [1.807, 2.05) is 19.1 Å². The third-order valence-electron chi connectivity index (χ3n) is 5.67. The number of nitrogens with one attached hydrogen (secondary N) is 1. The summed E-state index contributed by atoms with van der Waals surface area (Å²) in [6.45, 7) is 2.64. The molecule has 2 heterocycles. The number of benzene rings is 1. The topological polar surface area (TPSA) is 150 Å². The lowest BCUT2D eigenvalue weighted by atomic mass is 10.1. The molecule has 2 fully saturated rings. The fraction of sp³-hybridized carbons (Fsp3) is 0.391. The van der Waals surface area contributed by atoms with Crippen molar-refractivity contribution in [2.24, 2.45) is 5.73 Å². The lowest BCUT2D eigenvalue weighted by Gasteiger charge is -2.27. The van der Waals surface area contributed by atoms with Gasteiger partial charge in [-0.1, -0.05) is 6.07 Å². The zero-order valence-electron chi connectivity index (χ0n) is 19.5. The Balaban J connectivity index is 1.62. The summed E-state index contributed by atoms with van der Waals surface area (Å²) in [6.07, 6.45) is 5.12. The number of nitrogens with two attached hydrogens (primary N) is 1. The minimum atomic E-state index is -0.801. The van der Waals surface area contributed by atoms with Crippen molar-refractivity contribution in [3.8, 4) is 17.1 Å². The Hall–Kier alpha value is -4.06. The van der Waals surface area contributed by atoms with Gasteiger partial charge < -0.3 is 15.8 Å². The van der Waals surface area contributed by atoms with Crippen LogP contribution >= 0.6 is 0 Å². The quantitative estimate of drug-likeness (QED) is 0.417. The second-order valence-corrected chi connectivity index (χ2v) is 8.46. The van der Waals surface area contributed by atoms with Crippen LogP contribution < -0.4 is 20.9 Å². The zero-order chi connectivity index (χ0) is 24.5. The summed E-state index contributed by atoms with van der Waals surface area (Å²) in [5.74, 6) is -0.272. The average Bonchev–Trinajstić information content (AvgIpc) is 3.81. The highest BCUT2D eigenvalue weighted by molar-refractivity contribution is 6.00. The molecule has 1 aromatic carbocycles. The average molecular weight is 479 g/mol. The molecule has 182 valence electrons. The fourth-order valence-corrected chi connectivity index (χ4v) is 3.52. The number of hydrogen-bond donors (Lipinski definition) is 2. The van der Waals surface area contributed by atoms with Crippen LogP contribution in [0.3, 0.4) is 0 Å². The smallest absolute Gasteiger partial charge is 0.272 e. The van der Waals surface area contributed by atoms with E-state index in [9.17, 15) is 9.59 Å². The molecule has 0 radical (unpaired) electrons. The standard InChI is InChI=1S/C23H26N8O4/c1-3-30-12-25-22(29-30)15-5-4-6-17(20(15)34-2)31(35-14-9-10-14)18-11-16(23(33)26-13-7-8-13)27-28-19(18)21(24)32/h4-6,11-14H,3,7-10H2,1-2H3,(H2,24,32)(H,26,33). The van der Waals surface area contributed by atoms with E-state index >= 15 is 0 Å². The third-order valence-corrected chi connectivity index (χ3v) is 5.67. The van der Waals surface area contributed by atoms with Gasteiger partial charge in [-0.05, 0) is 50.8 Å². The minimum Gasteiger partial charge on any atom is -0.494 e. The molecule has 0 bridgehead atoms. The number of amides is 2. The van der Waals surface area contributed by atoms with E-state index in [-0.39, 0.29) is 35.1 Å². The van der Waals surface area contributed by atoms with Gasteiger partial charge >= 0.3 is 0 Å². The first-order chi connectivity index (χ1) is 17.0. The lowest BCUT2D eigenvalue weighted by molar-refractivity contribution is 0.0937. The summed E-state index contributed by atoms with van der Waals surface area (Å²) < 4.78 is 7.49. The Labute approximate surface area is 201 Å². The Morgan fingerprint density at radius 2 is 2.00 bits per heavy atom. The molecule has 0 unspecified atom stereocenters. The maximum Gasteiger partial charge on any atom is 0.272 e. The zero-order valence-corrected chi connectivity index (χ0v) is 19.5. The molecule has 3 aromatic rings. The van der Waals surface area contributed by atoms with Gasteiger partial charge in [0.1, 0.15) is 17.7 Å². The molecule has 0 atom stereocenters. The summed E-state index contributed by atoms with van der Waals surface area (Å²) in [4.78, 5) is 35.6. The number of ether oxygens (including phenoxy) is 1. The van der Waals surface area contributed by atoms with Gasteiger partial charge in [0.2, 0.25) is 0 Å². The molecule has 2 aliphatic rings. The number of aromatic nitrogens is 5. The van der Waals surface area contributed by atoms with Crippen LogP contribution in [0.5, 0.6) is 5.75 Å². The number of carbonyl (C=O) groups is 2. The first-order valence-corrected chi connectivity index (χ1v) is 11.5. The number of nitrogens with zero attached hydrogens (tertiary/aromatic N) is 6. The van der Waals surface area contributed by atoms with Gasteiger partial charge in [0, 0.05) is 12.6 Å². The molecule has 0 spiro atoms. The number of anilines is 2. The number of methoxy groups -OCH3 is 1. The molecule has 12 nitrogen and oxygen atoms in total. The number of rotatable bonds is 10.